The van der Waals surface area contributed by atoms with E-state index in [4.69, 9.17) is 13.7 Å². The molecule has 3 rings (SSSR count). The van der Waals surface area contributed by atoms with E-state index in [0.29, 0.717) is 31.1 Å². The van der Waals surface area contributed by atoms with E-state index in [2.05, 4.69) is 0 Å². The average molecular weight is 519 g/mol. The largest absolute Gasteiger partial charge is 0.493 e. The molecule has 1 atom stereocenters. The highest BCUT2D eigenvalue weighted by molar-refractivity contribution is 7.87. The molecule has 1 unspecified atom stereocenters. The van der Waals surface area contributed by atoms with E-state index in [1.165, 1.54) is 20.0 Å². The van der Waals surface area contributed by atoms with Crippen LogP contribution in [0.25, 0.3) is 0 Å². The van der Waals surface area contributed by atoms with Gasteiger partial charge in [0, 0.05) is 0 Å². The van der Waals surface area contributed by atoms with Gasteiger partial charge in [-0.15, -0.1) is 0 Å². The zero-order chi connectivity index (χ0) is 26.1. The van der Waals surface area contributed by atoms with E-state index in [9.17, 15) is 18.3 Å². The van der Waals surface area contributed by atoms with E-state index >= 15 is 0 Å². The van der Waals surface area contributed by atoms with Gasteiger partial charge in [0.25, 0.3) is 0 Å². The summed E-state index contributed by atoms with van der Waals surface area (Å²) in [5.41, 5.74) is 3.10. The third kappa shape index (κ3) is 8.73. The summed E-state index contributed by atoms with van der Waals surface area (Å²) < 4.78 is 41.1. The molecule has 0 saturated heterocycles. The molecule has 198 valence electrons. The van der Waals surface area contributed by atoms with Crippen LogP contribution in [0.5, 0.6) is 17.2 Å². The number of carboxylic acids is 1. The molecule has 1 N–H and O–H groups in total. The maximum absolute atomic E-state index is 12.2. The van der Waals surface area contributed by atoms with Crippen LogP contribution in [-0.2, 0) is 34.2 Å². The minimum Gasteiger partial charge on any atom is -0.493 e. The maximum Gasteiger partial charge on any atom is 0.309 e. The number of carbonyl (C=O) groups is 1. The number of aryl methyl sites for hydroxylation is 2. The third-order valence-corrected chi connectivity index (χ3v) is 7.59. The monoisotopic (exact) mass is 518 g/mol. The van der Waals surface area contributed by atoms with Crippen molar-refractivity contribution < 1.29 is 32.0 Å². The van der Waals surface area contributed by atoms with Crippen LogP contribution in [0, 0.1) is 11.8 Å². The van der Waals surface area contributed by atoms with Crippen molar-refractivity contribution in [2.24, 2.45) is 11.8 Å². The summed E-state index contributed by atoms with van der Waals surface area (Å²) in [6.07, 6.45) is 6.64. The molecular formula is C28H38O7S. The molecular weight excluding hydrogens is 480 g/mol. The van der Waals surface area contributed by atoms with Gasteiger partial charge in [-0.25, -0.2) is 0 Å². The quantitative estimate of drug-likeness (QED) is 0.296. The molecule has 8 heteroatoms. The Labute approximate surface area is 214 Å². The first kappa shape index (κ1) is 27.8. The summed E-state index contributed by atoms with van der Waals surface area (Å²) in [5.74, 6) is 0.806. The minimum absolute atomic E-state index is 0.0203. The SMILES string of the molecule is CCCCS(=O)(=O)Oc1ccc(CCCc2ccc(CC(C)C(=O)O)cc2OCC2CC2)cc1OC. The fraction of sp³-hybridized carbons (Fsp3) is 0.536. The molecule has 7 nitrogen and oxygen atoms in total. The highest BCUT2D eigenvalue weighted by Gasteiger charge is 2.23. The van der Waals surface area contributed by atoms with Gasteiger partial charge in [-0.05, 0) is 85.8 Å². The summed E-state index contributed by atoms with van der Waals surface area (Å²) in [7, 11) is -2.15. The molecule has 36 heavy (non-hydrogen) atoms. The summed E-state index contributed by atoms with van der Waals surface area (Å²) in [6, 6.07) is 11.4. The van der Waals surface area contributed by atoms with Crippen molar-refractivity contribution in [3.63, 3.8) is 0 Å². The highest BCUT2D eigenvalue weighted by atomic mass is 32.2. The first-order valence-electron chi connectivity index (χ1n) is 12.8. The number of hydrogen-bond donors (Lipinski definition) is 1. The van der Waals surface area contributed by atoms with Crippen LogP contribution in [0.15, 0.2) is 36.4 Å². The molecule has 0 bridgehead atoms. The normalized spacial score (nSPS) is 14.3. The zero-order valence-electron chi connectivity index (χ0n) is 21.5. The predicted molar refractivity (Wildman–Crippen MR) is 140 cm³/mol. The molecule has 1 saturated carbocycles. The number of hydrogen-bond acceptors (Lipinski definition) is 6. The molecule has 0 spiro atoms. The predicted octanol–water partition coefficient (Wildman–Crippen LogP) is 5.43. The Morgan fingerprint density at radius 2 is 1.75 bits per heavy atom. The van der Waals surface area contributed by atoms with Gasteiger partial charge in [-0.3, -0.25) is 4.79 Å². The fourth-order valence-electron chi connectivity index (χ4n) is 3.92. The number of methoxy groups -OCH3 is 1. The van der Waals surface area contributed by atoms with Crippen molar-refractivity contribution in [2.45, 2.75) is 65.2 Å². The third-order valence-electron chi connectivity index (χ3n) is 6.37. The summed E-state index contributed by atoms with van der Waals surface area (Å²) >= 11 is 0. The first-order chi connectivity index (χ1) is 17.2. The molecule has 1 aliphatic carbocycles. The molecule has 2 aromatic carbocycles. The lowest BCUT2D eigenvalue weighted by Crippen LogP contribution is -2.14. The van der Waals surface area contributed by atoms with Crippen molar-refractivity contribution in [2.75, 3.05) is 19.5 Å². The van der Waals surface area contributed by atoms with Gasteiger partial charge < -0.3 is 18.8 Å². The number of carboxylic acid groups (broad SMARTS) is 1. The van der Waals surface area contributed by atoms with Gasteiger partial charge >= 0.3 is 16.1 Å². The lowest BCUT2D eigenvalue weighted by molar-refractivity contribution is -0.141. The smallest absolute Gasteiger partial charge is 0.309 e. The van der Waals surface area contributed by atoms with Crippen molar-refractivity contribution in [1.82, 2.24) is 0 Å². The van der Waals surface area contributed by atoms with Gasteiger partial charge in [-0.2, -0.15) is 8.42 Å². The molecule has 0 heterocycles. The average Bonchev–Trinajstić information content (AvgIpc) is 3.67. The van der Waals surface area contributed by atoms with Crippen LogP contribution >= 0.6 is 0 Å². The van der Waals surface area contributed by atoms with Crippen LogP contribution in [0.1, 0.15) is 62.6 Å². The van der Waals surface area contributed by atoms with Crippen LogP contribution in [0.4, 0.5) is 0 Å². The Balaban J connectivity index is 1.64. The van der Waals surface area contributed by atoms with E-state index in [1.54, 1.807) is 13.0 Å². The maximum atomic E-state index is 12.2. The standard InChI is InChI=1S/C28H38O7S/c1-4-5-15-36(31,32)35-25-14-12-21(17-27(25)33-3)7-6-8-24-13-11-23(16-20(2)28(29)30)18-26(24)34-19-22-9-10-22/h11-14,17-18,20,22H,4-10,15-16,19H2,1-3H3,(H,29,30). The number of rotatable bonds is 16. The van der Waals surface area contributed by atoms with Crippen molar-refractivity contribution in [1.29, 1.82) is 0 Å². The number of aliphatic carboxylic acids is 1. The molecule has 0 radical (unpaired) electrons. The molecule has 0 aliphatic heterocycles. The van der Waals surface area contributed by atoms with Gasteiger partial charge in [-0.1, -0.05) is 38.5 Å². The second-order valence-corrected chi connectivity index (χ2v) is 11.4. The lowest BCUT2D eigenvalue weighted by atomic mass is 9.97. The van der Waals surface area contributed by atoms with Crippen molar-refractivity contribution in [3.05, 3.63) is 53.1 Å². The molecule has 0 aromatic heterocycles. The molecule has 1 fully saturated rings. The number of benzene rings is 2. The Morgan fingerprint density at radius 3 is 2.42 bits per heavy atom. The topological polar surface area (TPSA) is 99.1 Å². The van der Waals surface area contributed by atoms with E-state index in [1.807, 2.05) is 37.3 Å². The molecule has 0 amide bonds. The lowest BCUT2D eigenvalue weighted by Gasteiger charge is -2.15. The fourth-order valence-corrected chi connectivity index (χ4v) is 5.06. The van der Waals surface area contributed by atoms with Crippen molar-refractivity contribution in [3.8, 4) is 17.2 Å². The van der Waals surface area contributed by atoms with Crippen LogP contribution in [-0.4, -0.2) is 39.0 Å². The molecule has 2 aromatic rings. The number of unbranched alkanes of at least 4 members (excludes halogenated alkanes) is 1. The Morgan fingerprint density at radius 1 is 1.03 bits per heavy atom. The first-order valence-corrected chi connectivity index (χ1v) is 14.3. The van der Waals surface area contributed by atoms with Gasteiger partial charge in [0.1, 0.15) is 5.75 Å². The van der Waals surface area contributed by atoms with E-state index in [-0.39, 0.29) is 11.5 Å². The minimum atomic E-state index is -3.65. The molecule has 1 aliphatic rings. The summed E-state index contributed by atoms with van der Waals surface area (Å²) in [6.45, 7) is 4.35. The number of ether oxygens (including phenoxy) is 2. The Hall–Kier alpha value is -2.74. The van der Waals surface area contributed by atoms with Crippen LogP contribution < -0.4 is 13.7 Å². The van der Waals surface area contributed by atoms with Gasteiger partial charge in [0.15, 0.2) is 11.5 Å². The van der Waals surface area contributed by atoms with Crippen LogP contribution in [0.2, 0.25) is 0 Å². The Bertz CT molecular complexity index is 1120. The second kappa shape index (κ2) is 13.0. The van der Waals surface area contributed by atoms with Gasteiger partial charge in [0.05, 0.1) is 25.4 Å². The zero-order valence-corrected chi connectivity index (χ0v) is 22.3. The summed E-state index contributed by atoms with van der Waals surface area (Å²) in [4.78, 5) is 11.3. The highest BCUT2D eigenvalue weighted by Crippen LogP contribution is 2.32. The summed E-state index contributed by atoms with van der Waals surface area (Å²) in [5, 5.41) is 9.24. The van der Waals surface area contributed by atoms with E-state index in [0.717, 1.165) is 48.1 Å². The van der Waals surface area contributed by atoms with Gasteiger partial charge in [0.2, 0.25) is 0 Å². The van der Waals surface area contributed by atoms with E-state index < -0.39 is 22.0 Å². The van der Waals surface area contributed by atoms with Crippen molar-refractivity contribution >= 4 is 16.1 Å². The Kier molecular flexibility index (Phi) is 10.0. The van der Waals surface area contributed by atoms with Crippen LogP contribution in [0.3, 0.4) is 0 Å². The second-order valence-electron chi connectivity index (χ2n) is 9.68.